The van der Waals surface area contributed by atoms with E-state index in [-0.39, 0.29) is 5.91 Å². The third-order valence-corrected chi connectivity index (χ3v) is 4.14. The fraction of sp³-hybridized carbons (Fsp3) is 0.500. The molecule has 5 heteroatoms. The summed E-state index contributed by atoms with van der Waals surface area (Å²) in [6, 6.07) is 7.66. The summed E-state index contributed by atoms with van der Waals surface area (Å²) < 4.78 is 5.51. The second kappa shape index (κ2) is 7.28. The van der Waals surface area contributed by atoms with E-state index in [4.69, 9.17) is 10.5 Å². The summed E-state index contributed by atoms with van der Waals surface area (Å²) in [7, 11) is 0. The number of carbonyl (C=O) groups is 1. The van der Waals surface area contributed by atoms with E-state index in [2.05, 4.69) is 5.32 Å². The number of nitrogens with one attached hydrogen (secondary N) is 1. The van der Waals surface area contributed by atoms with E-state index in [0.717, 1.165) is 24.3 Å². The van der Waals surface area contributed by atoms with Gasteiger partial charge in [0.2, 0.25) is 5.91 Å². The molecule has 0 bridgehead atoms. The van der Waals surface area contributed by atoms with Crippen molar-refractivity contribution < 1.29 is 9.53 Å². The van der Waals surface area contributed by atoms with Gasteiger partial charge in [0.1, 0.15) is 5.75 Å². The number of rotatable bonds is 5. The van der Waals surface area contributed by atoms with Crippen molar-refractivity contribution in [3.63, 3.8) is 0 Å². The van der Waals surface area contributed by atoms with E-state index >= 15 is 0 Å². The highest BCUT2D eigenvalue weighted by molar-refractivity contribution is 7.99. The Kier molecular flexibility index (Phi) is 5.39. The van der Waals surface area contributed by atoms with Crippen LogP contribution < -0.4 is 15.8 Å². The summed E-state index contributed by atoms with van der Waals surface area (Å²) >= 11 is 1.95. The molecule has 0 saturated carbocycles. The first-order chi connectivity index (χ1) is 9.25. The van der Waals surface area contributed by atoms with Crippen LogP contribution in [0.4, 0.5) is 5.69 Å². The van der Waals surface area contributed by atoms with Gasteiger partial charge in [0.05, 0.1) is 18.7 Å². The van der Waals surface area contributed by atoms with Crippen LogP contribution in [0.5, 0.6) is 5.75 Å². The number of benzene rings is 1. The van der Waals surface area contributed by atoms with Gasteiger partial charge >= 0.3 is 0 Å². The van der Waals surface area contributed by atoms with Crippen LogP contribution in [0, 0.1) is 0 Å². The molecule has 0 unspecified atom stereocenters. The lowest BCUT2D eigenvalue weighted by atomic mass is 10.1. The molecule has 1 fully saturated rings. The molecule has 1 aliphatic rings. The Morgan fingerprint density at radius 3 is 2.84 bits per heavy atom. The number of ether oxygens (including phenoxy) is 1. The van der Waals surface area contributed by atoms with Crippen LogP contribution in [0.2, 0.25) is 0 Å². The minimum Gasteiger partial charge on any atom is -0.491 e. The summed E-state index contributed by atoms with van der Waals surface area (Å²) in [6.07, 6.45) is 2.52. The van der Waals surface area contributed by atoms with E-state index in [1.165, 1.54) is 0 Å². The molecule has 1 aliphatic heterocycles. The maximum absolute atomic E-state index is 11.8. The minimum absolute atomic E-state index is 0.0615. The molecule has 4 nitrogen and oxygen atoms in total. The van der Waals surface area contributed by atoms with Crippen molar-refractivity contribution in [1.29, 1.82) is 0 Å². The zero-order valence-electron chi connectivity index (χ0n) is 10.9. The van der Waals surface area contributed by atoms with Crippen LogP contribution >= 0.6 is 11.8 Å². The van der Waals surface area contributed by atoms with Crippen molar-refractivity contribution in [2.45, 2.75) is 25.3 Å². The van der Waals surface area contributed by atoms with Gasteiger partial charge < -0.3 is 15.8 Å². The van der Waals surface area contributed by atoms with Gasteiger partial charge in [0, 0.05) is 6.04 Å². The van der Waals surface area contributed by atoms with Crippen LogP contribution in [0.25, 0.3) is 0 Å². The maximum Gasteiger partial charge on any atom is 0.223 e. The standard InChI is InChI=1S/C14H20N2O2S/c15-12-3-1-2-4-13(12)18-8-5-14(17)16-11-6-9-19-10-7-11/h1-4,11H,5-10,15H2,(H,16,17). The number of amides is 1. The topological polar surface area (TPSA) is 64.3 Å². The lowest BCUT2D eigenvalue weighted by Crippen LogP contribution is -2.37. The Morgan fingerprint density at radius 2 is 2.11 bits per heavy atom. The van der Waals surface area contributed by atoms with Gasteiger partial charge in [-0.05, 0) is 36.5 Å². The monoisotopic (exact) mass is 280 g/mol. The number of para-hydroxylation sites is 2. The van der Waals surface area contributed by atoms with E-state index in [1.54, 1.807) is 6.07 Å². The molecule has 104 valence electrons. The molecule has 2 rings (SSSR count). The van der Waals surface area contributed by atoms with Crippen LogP contribution in [0.15, 0.2) is 24.3 Å². The molecule has 0 aliphatic carbocycles. The first kappa shape index (κ1) is 14.1. The second-order valence-electron chi connectivity index (χ2n) is 4.59. The lowest BCUT2D eigenvalue weighted by molar-refractivity contribution is -0.122. The van der Waals surface area contributed by atoms with Crippen molar-refractivity contribution >= 4 is 23.4 Å². The van der Waals surface area contributed by atoms with Crippen molar-refractivity contribution in [1.82, 2.24) is 5.32 Å². The average Bonchev–Trinajstić information content (AvgIpc) is 2.42. The smallest absolute Gasteiger partial charge is 0.223 e. The minimum atomic E-state index is 0.0615. The van der Waals surface area contributed by atoms with Crippen LogP contribution in [0.3, 0.4) is 0 Å². The number of nitrogens with two attached hydrogens (primary N) is 1. The van der Waals surface area contributed by atoms with Gasteiger partial charge in [0.15, 0.2) is 0 Å². The highest BCUT2D eigenvalue weighted by Crippen LogP contribution is 2.20. The Hall–Kier alpha value is -1.36. The molecule has 1 amide bonds. The fourth-order valence-electron chi connectivity index (χ4n) is 2.01. The van der Waals surface area contributed by atoms with Crippen molar-refractivity contribution in [2.24, 2.45) is 0 Å². The zero-order valence-corrected chi connectivity index (χ0v) is 11.7. The van der Waals surface area contributed by atoms with Gasteiger partial charge in [-0.1, -0.05) is 12.1 Å². The summed E-state index contributed by atoms with van der Waals surface area (Å²) in [5.74, 6) is 2.99. The molecule has 1 heterocycles. The molecule has 19 heavy (non-hydrogen) atoms. The summed E-state index contributed by atoms with van der Waals surface area (Å²) in [5, 5.41) is 3.06. The Labute approximate surface area is 118 Å². The summed E-state index contributed by atoms with van der Waals surface area (Å²) in [6.45, 7) is 0.363. The van der Waals surface area contributed by atoms with Crippen LogP contribution in [0.1, 0.15) is 19.3 Å². The molecule has 3 N–H and O–H groups in total. The van der Waals surface area contributed by atoms with Crippen molar-refractivity contribution in [2.75, 3.05) is 23.8 Å². The molecule has 1 saturated heterocycles. The molecular formula is C14H20N2O2S. The largest absolute Gasteiger partial charge is 0.491 e. The van der Waals surface area contributed by atoms with Gasteiger partial charge in [-0.25, -0.2) is 0 Å². The molecule has 1 aromatic rings. The predicted octanol–water partition coefficient (Wildman–Crippen LogP) is 2.05. The predicted molar refractivity (Wildman–Crippen MR) is 79.5 cm³/mol. The molecule has 0 atom stereocenters. The number of anilines is 1. The van der Waals surface area contributed by atoms with Crippen molar-refractivity contribution in [3.8, 4) is 5.75 Å². The number of nitrogen functional groups attached to an aromatic ring is 1. The second-order valence-corrected chi connectivity index (χ2v) is 5.82. The zero-order chi connectivity index (χ0) is 13.5. The summed E-state index contributed by atoms with van der Waals surface area (Å²) in [5.41, 5.74) is 6.36. The van der Waals surface area contributed by atoms with E-state index < -0.39 is 0 Å². The van der Waals surface area contributed by atoms with Gasteiger partial charge in [-0.3, -0.25) is 4.79 Å². The van der Waals surface area contributed by atoms with E-state index in [0.29, 0.717) is 30.5 Å². The average molecular weight is 280 g/mol. The Balaban J connectivity index is 1.67. The first-order valence-electron chi connectivity index (χ1n) is 6.60. The molecule has 0 aromatic heterocycles. The van der Waals surface area contributed by atoms with E-state index in [9.17, 15) is 4.79 Å². The molecule has 0 radical (unpaired) electrons. The van der Waals surface area contributed by atoms with Gasteiger partial charge in [0.25, 0.3) is 0 Å². The first-order valence-corrected chi connectivity index (χ1v) is 7.75. The van der Waals surface area contributed by atoms with Crippen LogP contribution in [-0.4, -0.2) is 30.1 Å². The third kappa shape index (κ3) is 4.67. The molecule has 0 spiro atoms. The maximum atomic E-state index is 11.8. The van der Waals surface area contributed by atoms with E-state index in [1.807, 2.05) is 30.0 Å². The normalized spacial score (nSPS) is 16.0. The fourth-order valence-corrected chi connectivity index (χ4v) is 3.11. The number of hydrogen-bond donors (Lipinski definition) is 2. The Morgan fingerprint density at radius 1 is 1.37 bits per heavy atom. The highest BCUT2D eigenvalue weighted by atomic mass is 32.2. The number of thioether (sulfide) groups is 1. The SMILES string of the molecule is Nc1ccccc1OCCC(=O)NC1CCSCC1. The number of carbonyl (C=O) groups excluding carboxylic acids is 1. The lowest BCUT2D eigenvalue weighted by Gasteiger charge is -2.22. The van der Waals surface area contributed by atoms with Crippen molar-refractivity contribution in [3.05, 3.63) is 24.3 Å². The van der Waals surface area contributed by atoms with Gasteiger partial charge in [-0.2, -0.15) is 11.8 Å². The van der Waals surface area contributed by atoms with Gasteiger partial charge in [-0.15, -0.1) is 0 Å². The molecular weight excluding hydrogens is 260 g/mol. The summed E-state index contributed by atoms with van der Waals surface area (Å²) in [4.78, 5) is 11.8. The molecule has 1 aromatic carbocycles. The Bertz CT molecular complexity index is 420. The van der Waals surface area contributed by atoms with Crippen LogP contribution in [-0.2, 0) is 4.79 Å². The third-order valence-electron chi connectivity index (χ3n) is 3.09. The quantitative estimate of drug-likeness (QED) is 0.810. The highest BCUT2D eigenvalue weighted by Gasteiger charge is 2.15. The number of hydrogen-bond acceptors (Lipinski definition) is 4.